The molecular formula is C21H17N3O5. The number of nitriles is 1. The molecule has 8 heteroatoms. The second-order valence-electron chi connectivity index (χ2n) is 6.08. The number of carbonyl (C=O) groups excluding carboxylic acids is 3. The number of methoxy groups -OCH3 is 1. The molecule has 1 aromatic heterocycles. The maximum atomic E-state index is 12.2. The number of nitrogens with one attached hydrogen (secondary N) is 1. The molecule has 2 aromatic carbocycles. The summed E-state index contributed by atoms with van der Waals surface area (Å²) in [5.74, 6) is -1.67. The van der Waals surface area contributed by atoms with Gasteiger partial charge in [-0.1, -0.05) is 24.3 Å². The Balaban J connectivity index is 1.63. The van der Waals surface area contributed by atoms with Crippen LogP contribution in [0.15, 0.2) is 54.7 Å². The van der Waals surface area contributed by atoms with Crippen LogP contribution in [0.1, 0.15) is 15.9 Å². The number of carbonyl (C=O) groups is 3. The maximum Gasteiger partial charge on any atom is 0.340 e. The van der Waals surface area contributed by atoms with Crippen molar-refractivity contribution >= 4 is 34.4 Å². The van der Waals surface area contributed by atoms with E-state index in [0.717, 1.165) is 0 Å². The maximum absolute atomic E-state index is 12.2. The van der Waals surface area contributed by atoms with Gasteiger partial charge in [0.1, 0.15) is 6.54 Å². The quantitative estimate of drug-likeness (QED) is 0.647. The van der Waals surface area contributed by atoms with Gasteiger partial charge in [0, 0.05) is 22.8 Å². The predicted molar refractivity (Wildman–Crippen MR) is 104 cm³/mol. The van der Waals surface area contributed by atoms with Crippen molar-refractivity contribution in [2.24, 2.45) is 0 Å². The molecule has 0 unspecified atom stereocenters. The molecule has 0 aliphatic rings. The van der Waals surface area contributed by atoms with Crippen molar-refractivity contribution in [3.8, 4) is 6.07 Å². The normalized spacial score (nSPS) is 10.2. The van der Waals surface area contributed by atoms with Crippen LogP contribution in [-0.4, -0.2) is 36.1 Å². The van der Waals surface area contributed by atoms with Gasteiger partial charge in [-0.25, -0.2) is 4.79 Å². The fraction of sp³-hybridized carbons (Fsp3) is 0.143. The summed E-state index contributed by atoms with van der Waals surface area (Å²) in [5.41, 5.74) is 1.85. The first-order valence-electron chi connectivity index (χ1n) is 8.63. The molecule has 0 fully saturated rings. The lowest BCUT2D eigenvalue weighted by Gasteiger charge is -2.08. The van der Waals surface area contributed by atoms with Crippen LogP contribution in [-0.2, 0) is 25.6 Å². The van der Waals surface area contributed by atoms with Crippen molar-refractivity contribution in [1.82, 2.24) is 4.57 Å². The van der Waals surface area contributed by atoms with Crippen LogP contribution in [0, 0.1) is 11.3 Å². The first-order chi connectivity index (χ1) is 14.0. The smallest absolute Gasteiger partial charge is 0.340 e. The number of fused-ring (bicyclic) bond motifs is 1. The summed E-state index contributed by atoms with van der Waals surface area (Å²) in [6.45, 7) is -0.645. The highest BCUT2D eigenvalue weighted by Gasteiger charge is 2.17. The van der Waals surface area contributed by atoms with Gasteiger partial charge < -0.3 is 19.4 Å². The van der Waals surface area contributed by atoms with E-state index in [1.165, 1.54) is 19.4 Å². The zero-order chi connectivity index (χ0) is 20.8. The molecule has 0 radical (unpaired) electrons. The van der Waals surface area contributed by atoms with Crippen LogP contribution in [0.4, 0.5) is 5.69 Å². The first kappa shape index (κ1) is 19.6. The third-order valence-corrected chi connectivity index (χ3v) is 4.13. The Kier molecular flexibility index (Phi) is 5.90. The van der Waals surface area contributed by atoms with Crippen molar-refractivity contribution in [2.45, 2.75) is 6.54 Å². The third kappa shape index (κ3) is 4.59. The molecule has 3 rings (SSSR count). The van der Waals surface area contributed by atoms with Gasteiger partial charge in [0.05, 0.1) is 24.3 Å². The Bertz CT molecular complexity index is 1130. The van der Waals surface area contributed by atoms with Crippen molar-refractivity contribution < 1.29 is 23.9 Å². The number of ether oxygens (including phenoxy) is 2. The van der Waals surface area contributed by atoms with Crippen LogP contribution in [0.2, 0.25) is 0 Å². The molecule has 29 heavy (non-hydrogen) atoms. The highest BCUT2D eigenvalue weighted by atomic mass is 16.5. The van der Waals surface area contributed by atoms with Crippen LogP contribution in [0.3, 0.4) is 0 Å². The third-order valence-electron chi connectivity index (χ3n) is 4.13. The Morgan fingerprint density at radius 1 is 1.14 bits per heavy atom. The fourth-order valence-corrected chi connectivity index (χ4v) is 2.84. The van der Waals surface area contributed by atoms with E-state index in [-0.39, 0.29) is 6.54 Å². The van der Waals surface area contributed by atoms with Crippen molar-refractivity contribution in [3.05, 3.63) is 65.9 Å². The number of benzene rings is 2. The van der Waals surface area contributed by atoms with Crippen molar-refractivity contribution in [3.63, 3.8) is 0 Å². The second-order valence-corrected chi connectivity index (χ2v) is 6.08. The van der Waals surface area contributed by atoms with Crippen molar-refractivity contribution in [2.75, 3.05) is 19.0 Å². The molecule has 0 aliphatic carbocycles. The summed E-state index contributed by atoms with van der Waals surface area (Å²) in [6.07, 6.45) is 1.52. The van der Waals surface area contributed by atoms with Crippen LogP contribution < -0.4 is 5.32 Å². The molecular weight excluding hydrogens is 374 g/mol. The molecule has 8 nitrogen and oxygen atoms in total. The number of hydrogen-bond acceptors (Lipinski definition) is 6. The van der Waals surface area contributed by atoms with Gasteiger partial charge in [-0.3, -0.25) is 9.59 Å². The average Bonchev–Trinajstić information content (AvgIpc) is 3.10. The van der Waals surface area contributed by atoms with Crippen LogP contribution in [0.5, 0.6) is 0 Å². The Labute approximate surface area is 166 Å². The summed E-state index contributed by atoms with van der Waals surface area (Å²) >= 11 is 0. The second kappa shape index (κ2) is 8.71. The SMILES string of the molecule is COC(=O)c1cn(CC(=O)OCC(=O)Nc2cccc(C#N)c2)c2ccccc12. The number of para-hydroxylation sites is 1. The Hall–Kier alpha value is -4.12. The van der Waals surface area contributed by atoms with Gasteiger partial charge in [-0.2, -0.15) is 5.26 Å². The minimum Gasteiger partial charge on any atom is -0.465 e. The average molecular weight is 391 g/mol. The Morgan fingerprint density at radius 3 is 2.69 bits per heavy atom. The number of aromatic nitrogens is 1. The molecule has 3 aromatic rings. The number of anilines is 1. The molecule has 0 saturated heterocycles. The molecule has 1 N–H and O–H groups in total. The van der Waals surface area contributed by atoms with E-state index in [4.69, 9.17) is 14.7 Å². The van der Waals surface area contributed by atoms with Crippen LogP contribution in [0.25, 0.3) is 10.9 Å². The number of esters is 2. The summed E-state index contributed by atoms with van der Waals surface area (Å²) < 4.78 is 11.4. The number of hydrogen-bond donors (Lipinski definition) is 1. The monoisotopic (exact) mass is 391 g/mol. The number of rotatable bonds is 6. The molecule has 1 heterocycles. The molecule has 1 amide bonds. The largest absolute Gasteiger partial charge is 0.465 e. The van der Waals surface area contributed by atoms with Gasteiger partial charge in [0.2, 0.25) is 0 Å². The lowest BCUT2D eigenvalue weighted by atomic mass is 10.2. The lowest BCUT2D eigenvalue weighted by Crippen LogP contribution is -2.22. The zero-order valence-electron chi connectivity index (χ0n) is 15.5. The molecule has 0 saturated carbocycles. The molecule has 0 spiro atoms. The molecule has 0 aliphatic heterocycles. The minimum absolute atomic E-state index is 0.172. The van der Waals surface area contributed by atoms with Gasteiger partial charge in [-0.15, -0.1) is 0 Å². The summed E-state index contributed by atoms with van der Waals surface area (Å²) in [5, 5.41) is 12.1. The van der Waals surface area contributed by atoms with E-state index >= 15 is 0 Å². The highest BCUT2D eigenvalue weighted by Crippen LogP contribution is 2.22. The summed E-state index contributed by atoms with van der Waals surface area (Å²) in [6, 6.07) is 15.5. The first-order valence-corrected chi connectivity index (χ1v) is 8.63. The summed E-state index contributed by atoms with van der Waals surface area (Å²) in [7, 11) is 1.29. The number of amides is 1. The Morgan fingerprint density at radius 2 is 1.93 bits per heavy atom. The summed E-state index contributed by atoms with van der Waals surface area (Å²) in [4.78, 5) is 36.1. The van der Waals surface area contributed by atoms with Gasteiger partial charge >= 0.3 is 11.9 Å². The molecule has 146 valence electrons. The van der Waals surface area contributed by atoms with E-state index in [1.54, 1.807) is 47.0 Å². The molecule has 0 bridgehead atoms. The fourth-order valence-electron chi connectivity index (χ4n) is 2.84. The topological polar surface area (TPSA) is 110 Å². The van der Waals surface area contributed by atoms with E-state index in [9.17, 15) is 14.4 Å². The van der Waals surface area contributed by atoms with Crippen molar-refractivity contribution in [1.29, 1.82) is 5.26 Å². The van der Waals surface area contributed by atoms with E-state index in [0.29, 0.717) is 27.7 Å². The highest BCUT2D eigenvalue weighted by molar-refractivity contribution is 6.04. The molecule has 0 atom stereocenters. The van der Waals surface area contributed by atoms with E-state index in [1.807, 2.05) is 6.07 Å². The van der Waals surface area contributed by atoms with Gasteiger partial charge in [0.15, 0.2) is 6.61 Å². The van der Waals surface area contributed by atoms with Gasteiger partial charge in [-0.05, 0) is 24.3 Å². The predicted octanol–water partition coefficient (Wildman–Crippen LogP) is 2.48. The van der Waals surface area contributed by atoms with E-state index in [2.05, 4.69) is 5.32 Å². The van der Waals surface area contributed by atoms with Crippen LogP contribution >= 0.6 is 0 Å². The lowest BCUT2D eigenvalue weighted by molar-refractivity contribution is -0.147. The number of nitrogens with zero attached hydrogens (tertiary/aromatic N) is 2. The van der Waals surface area contributed by atoms with E-state index < -0.39 is 24.5 Å². The zero-order valence-corrected chi connectivity index (χ0v) is 15.5. The minimum atomic E-state index is -0.636. The van der Waals surface area contributed by atoms with Gasteiger partial charge in [0.25, 0.3) is 5.91 Å². The standard InChI is InChI=1S/C21H17N3O5/c1-28-21(27)17-11-24(18-8-3-2-7-16(17)18)12-20(26)29-13-19(25)23-15-6-4-5-14(9-15)10-22/h2-9,11H,12-13H2,1H3,(H,23,25).